The molecule has 0 N–H and O–H groups in total. The van der Waals surface area contributed by atoms with E-state index in [1.165, 1.54) is 0 Å². The Morgan fingerprint density at radius 2 is 1.81 bits per heavy atom. The molecule has 0 atom stereocenters. The van der Waals surface area contributed by atoms with Crippen molar-refractivity contribution in [2.24, 2.45) is 11.8 Å². The maximum absolute atomic E-state index is 12.3. The van der Waals surface area contributed by atoms with E-state index in [4.69, 9.17) is 4.74 Å². The summed E-state index contributed by atoms with van der Waals surface area (Å²) in [4.78, 5) is 26.3. The van der Waals surface area contributed by atoms with Crippen molar-refractivity contribution >= 4 is 5.91 Å². The third-order valence-corrected chi connectivity index (χ3v) is 5.10. The lowest BCUT2D eigenvalue weighted by molar-refractivity contribution is -0.135. The van der Waals surface area contributed by atoms with Gasteiger partial charge in [-0.25, -0.2) is 4.68 Å². The van der Waals surface area contributed by atoms with Gasteiger partial charge in [0.1, 0.15) is 5.75 Å². The van der Waals surface area contributed by atoms with E-state index in [9.17, 15) is 9.59 Å². The molecule has 1 aromatic heterocycles. The van der Waals surface area contributed by atoms with Crippen LogP contribution in [0.25, 0.3) is 11.3 Å². The molecule has 1 amide bonds. The highest BCUT2D eigenvalue weighted by molar-refractivity contribution is 5.78. The lowest BCUT2D eigenvalue weighted by atomic mass is 9.96. The largest absolute Gasteiger partial charge is 0.497 e. The first-order valence-corrected chi connectivity index (χ1v) is 9.49. The minimum atomic E-state index is -0.0899. The Labute approximate surface area is 159 Å². The summed E-state index contributed by atoms with van der Waals surface area (Å²) in [6.45, 7) is 5.97. The second kappa shape index (κ2) is 8.37. The number of aromatic nitrogens is 2. The normalized spacial score (nSPS) is 15.2. The van der Waals surface area contributed by atoms with Crippen LogP contribution in [0.3, 0.4) is 0 Å². The summed E-state index contributed by atoms with van der Waals surface area (Å²) < 4.78 is 6.74. The van der Waals surface area contributed by atoms with Gasteiger partial charge in [-0.3, -0.25) is 9.59 Å². The Morgan fingerprint density at radius 1 is 1.15 bits per heavy atom. The van der Waals surface area contributed by atoms with Crippen molar-refractivity contribution in [3.05, 3.63) is 46.8 Å². The molecule has 0 saturated carbocycles. The molecule has 2 aromatic rings. The summed E-state index contributed by atoms with van der Waals surface area (Å²) in [5, 5.41) is 4.56. The number of benzene rings is 1. The van der Waals surface area contributed by atoms with E-state index in [1.54, 1.807) is 23.9 Å². The van der Waals surface area contributed by atoms with Gasteiger partial charge >= 0.3 is 0 Å². The maximum atomic E-state index is 12.3. The van der Waals surface area contributed by atoms with Crippen LogP contribution < -0.4 is 10.3 Å². The molecular weight excluding hydrogens is 342 g/mol. The van der Waals surface area contributed by atoms with Crippen LogP contribution in [0.4, 0.5) is 0 Å². The number of amides is 1. The fourth-order valence-electron chi connectivity index (χ4n) is 3.44. The fraction of sp³-hybridized carbons (Fsp3) is 0.476. The van der Waals surface area contributed by atoms with Crippen LogP contribution in [-0.4, -0.2) is 40.8 Å². The monoisotopic (exact) mass is 369 g/mol. The topological polar surface area (TPSA) is 64.4 Å². The summed E-state index contributed by atoms with van der Waals surface area (Å²) in [6.07, 6.45) is 1.80. The molecule has 0 aliphatic carbocycles. The number of likely N-dealkylation sites (tertiary alicyclic amines) is 1. The Balaban J connectivity index is 1.69. The van der Waals surface area contributed by atoms with Gasteiger partial charge in [0.2, 0.25) is 5.91 Å². The second-order valence-electron chi connectivity index (χ2n) is 7.39. The molecule has 1 aliphatic rings. The van der Waals surface area contributed by atoms with Gasteiger partial charge in [0.15, 0.2) is 0 Å². The molecule has 144 valence electrons. The SMILES string of the molecule is COc1ccc(-c2ccc(=O)n(CC3CCN(C(=O)C(C)C)CC3)n2)cc1. The smallest absolute Gasteiger partial charge is 0.266 e. The number of carbonyl (C=O) groups is 1. The highest BCUT2D eigenvalue weighted by atomic mass is 16.5. The molecular formula is C21H27N3O3. The Bertz CT molecular complexity index is 834. The first-order chi connectivity index (χ1) is 13.0. The highest BCUT2D eigenvalue weighted by Gasteiger charge is 2.24. The average molecular weight is 369 g/mol. The number of piperidine rings is 1. The van der Waals surface area contributed by atoms with E-state index in [0.29, 0.717) is 12.5 Å². The fourth-order valence-corrected chi connectivity index (χ4v) is 3.44. The minimum absolute atomic E-state index is 0.0343. The van der Waals surface area contributed by atoms with Crippen LogP contribution in [0.2, 0.25) is 0 Å². The van der Waals surface area contributed by atoms with Gasteiger partial charge in [-0.05, 0) is 49.1 Å². The summed E-state index contributed by atoms with van der Waals surface area (Å²) in [5.74, 6) is 1.39. The van der Waals surface area contributed by atoms with Crippen LogP contribution in [0, 0.1) is 11.8 Å². The number of methoxy groups -OCH3 is 1. The maximum Gasteiger partial charge on any atom is 0.266 e. The Morgan fingerprint density at radius 3 is 2.41 bits per heavy atom. The van der Waals surface area contributed by atoms with Gasteiger partial charge in [-0.15, -0.1) is 0 Å². The van der Waals surface area contributed by atoms with Crippen molar-refractivity contribution in [3.8, 4) is 17.0 Å². The molecule has 0 unspecified atom stereocenters. The molecule has 1 aliphatic heterocycles. The Kier molecular flexibility index (Phi) is 5.94. The number of carbonyl (C=O) groups excluding carboxylic acids is 1. The van der Waals surface area contributed by atoms with Crippen LogP contribution in [-0.2, 0) is 11.3 Å². The first-order valence-electron chi connectivity index (χ1n) is 9.49. The lowest BCUT2D eigenvalue weighted by Gasteiger charge is -2.33. The van der Waals surface area contributed by atoms with E-state index >= 15 is 0 Å². The molecule has 1 fully saturated rings. The number of nitrogens with zero attached hydrogens (tertiary/aromatic N) is 3. The zero-order chi connectivity index (χ0) is 19.4. The van der Waals surface area contributed by atoms with Crippen molar-refractivity contribution in [2.75, 3.05) is 20.2 Å². The lowest BCUT2D eigenvalue weighted by Crippen LogP contribution is -2.42. The van der Waals surface area contributed by atoms with Crippen molar-refractivity contribution in [1.29, 1.82) is 0 Å². The highest BCUT2D eigenvalue weighted by Crippen LogP contribution is 2.22. The van der Waals surface area contributed by atoms with Crippen molar-refractivity contribution < 1.29 is 9.53 Å². The summed E-state index contributed by atoms with van der Waals surface area (Å²) in [6, 6.07) is 11.0. The standard InChI is InChI=1S/C21H27N3O3/c1-15(2)21(26)23-12-10-16(11-13-23)14-24-20(25)9-8-19(22-24)17-4-6-18(27-3)7-5-17/h4-9,15-16H,10-14H2,1-3H3. The van der Waals surface area contributed by atoms with Crippen LogP contribution in [0.1, 0.15) is 26.7 Å². The van der Waals surface area contributed by atoms with Gasteiger partial charge in [-0.1, -0.05) is 13.8 Å². The van der Waals surface area contributed by atoms with Gasteiger partial charge in [0.25, 0.3) is 5.56 Å². The van der Waals surface area contributed by atoms with Gasteiger partial charge in [-0.2, -0.15) is 5.10 Å². The molecule has 6 heteroatoms. The molecule has 0 radical (unpaired) electrons. The number of hydrogen-bond donors (Lipinski definition) is 0. The third-order valence-electron chi connectivity index (χ3n) is 5.10. The van der Waals surface area contributed by atoms with Gasteiger partial charge < -0.3 is 9.64 Å². The molecule has 1 aromatic carbocycles. The second-order valence-corrected chi connectivity index (χ2v) is 7.39. The molecule has 0 bridgehead atoms. The molecule has 0 spiro atoms. The zero-order valence-electron chi connectivity index (χ0n) is 16.2. The van der Waals surface area contributed by atoms with E-state index in [2.05, 4.69) is 5.10 Å². The quantitative estimate of drug-likeness (QED) is 0.813. The van der Waals surface area contributed by atoms with E-state index < -0.39 is 0 Å². The zero-order valence-corrected chi connectivity index (χ0v) is 16.2. The number of hydrogen-bond acceptors (Lipinski definition) is 4. The van der Waals surface area contributed by atoms with E-state index in [0.717, 1.165) is 42.9 Å². The summed E-state index contributed by atoms with van der Waals surface area (Å²) in [7, 11) is 1.63. The predicted octanol–water partition coefficient (Wildman–Crippen LogP) is 2.81. The molecule has 3 rings (SSSR count). The summed E-state index contributed by atoms with van der Waals surface area (Å²) >= 11 is 0. The van der Waals surface area contributed by atoms with Crippen LogP contribution in [0.15, 0.2) is 41.2 Å². The number of ether oxygens (including phenoxy) is 1. The molecule has 2 heterocycles. The molecule has 27 heavy (non-hydrogen) atoms. The molecule has 6 nitrogen and oxygen atoms in total. The first kappa shape index (κ1) is 19.1. The van der Waals surface area contributed by atoms with Crippen molar-refractivity contribution in [1.82, 2.24) is 14.7 Å². The van der Waals surface area contributed by atoms with Crippen molar-refractivity contribution in [3.63, 3.8) is 0 Å². The predicted molar refractivity (Wildman–Crippen MR) is 105 cm³/mol. The van der Waals surface area contributed by atoms with Gasteiger partial charge in [0.05, 0.1) is 12.8 Å². The molecule has 1 saturated heterocycles. The minimum Gasteiger partial charge on any atom is -0.497 e. The summed E-state index contributed by atoms with van der Waals surface area (Å²) in [5.41, 5.74) is 1.62. The van der Waals surface area contributed by atoms with Crippen molar-refractivity contribution in [2.45, 2.75) is 33.2 Å². The Hall–Kier alpha value is -2.63. The van der Waals surface area contributed by atoms with Crippen LogP contribution in [0.5, 0.6) is 5.75 Å². The van der Waals surface area contributed by atoms with E-state index in [1.807, 2.05) is 43.0 Å². The third kappa shape index (κ3) is 4.56. The van der Waals surface area contributed by atoms with Crippen LogP contribution >= 0.6 is 0 Å². The van der Waals surface area contributed by atoms with E-state index in [-0.39, 0.29) is 17.4 Å². The average Bonchev–Trinajstić information content (AvgIpc) is 2.69. The van der Waals surface area contributed by atoms with Gasteiger partial charge in [0, 0.05) is 37.2 Å². The number of rotatable bonds is 5.